The van der Waals surface area contributed by atoms with Crippen LogP contribution in [-0.4, -0.2) is 59.6 Å². The lowest BCUT2D eigenvalue weighted by molar-refractivity contribution is 0.193. The summed E-state index contributed by atoms with van der Waals surface area (Å²) in [5.74, 6) is 0. The largest absolute Gasteiger partial charge is 0.399 e. The van der Waals surface area contributed by atoms with E-state index in [0.29, 0.717) is 19.1 Å². The maximum Gasteiger partial charge on any atom is 0.317 e. The molecule has 0 bridgehead atoms. The number of hydrogen-bond acceptors (Lipinski definition) is 4. The van der Waals surface area contributed by atoms with E-state index in [1.165, 1.54) is 32.0 Å². The number of nitrogens with one attached hydrogen (secondary N) is 2. The van der Waals surface area contributed by atoms with Gasteiger partial charge in [-0.2, -0.15) is 0 Å². The smallest absolute Gasteiger partial charge is 0.317 e. The minimum atomic E-state index is -0.00581. The van der Waals surface area contributed by atoms with Crippen molar-refractivity contribution in [1.29, 1.82) is 0 Å². The first-order chi connectivity index (χ1) is 16.0. The maximum atomic E-state index is 12.7. The number of hydrogen-bond donors (Lipinski definition) is 3. The van der Waals surface area contributed by atoms with E-state index in [-0.39, 0.29) is 12.1 Å². The second-order valence-electron chi connectivity index (χ2n) is 8.84. The minimum Gasteiger partial charge on any atom is -0.399 e. The Balaban J connectivity index is 1.51. The summed E-state index contributed by atoms with van der Waals surface area (Å²) < 4.78 is 0. The fourth-order valence-corrected chi connectivity index (χ4v) is 6.08. The average molecular weight is 462 g/mol. The summed E-state index contributed by atoms with van der Waals surface area (Å²) in [6.07, 6.45) is 3.23. The van der Waals surface area contributed by atoms with Crippen LogP contribution in [0.15, 0.2) is 58.5 Å². The maximum absolute atomic E-state index is 12.7. The molecule has 2 aromatic carbocycles. The van der Waals surface area contributed by atoms with Gasteiger partial charge in [0, 0.05) is 47.2 Å². The number of rotatable bonds is 5. The molecule has 2 atom stereocenters. The Morgan fingerprint density at radius 3 is 2.70 bits per heavy atom. The topological polar surface area (TPSA) is 77.4 Å². The Morgan fingerprint density at radius 1 is 1.21 bits per heavy atom. The quantitative estimate of drug-likeness (QED) is 0.486. The minimum absolute atomic E-state index is 0.00581. The van der Waals surface area contributed by atoms with E-state index in [2.05, 4.69) is 58.7 Å². The zero-order chi connectivity index (χ0) is 23.1. The second kappa shape index (κ2) is 8.80. The number of anilines is 1. The number of nitrogens with zero attached hydrogens (tertiary/aromatic N) is 2. The van der Waals surface area contributed by atoms with Gasteiger partial charge in [-0.1, -0.05) is 30.0 Å². The molecular formula is C26H31N5OS. The van der Waals surface area contributed by atoms with Crippen LogP contribution in [0.3, 0.4) is 0 Å². The number of aromatic nitrogens is 1. The molecule has 7 heteroatoms. The van der Waals surface area contributed by atoms with E-state index in [1.807, 2.05) is 30.9 Å². The number of fused-ring (bicyclic) bond motifs is 2. The predicted octanol–water partition coefficient (Wildman–Crippen LogP) is 4.57. The van der Waals surface area contributed by atoms with Gasteiger partial charge in [0.05, 0.1) is 11.1 Å². The van der Waals surface area contributed by atoms with E-state index < -0.39 is 0 Å². The van der Waals surface area contributed by atoms with Crippen LogP contribution < -0.4 is 11.1 Å². The Labute approximate surface area is 199 Å². The van der Waals surface area contributed by atoms with Gasteiger partial charge in [-0.05, 0) is 74.3 Å². The number of aromatic amines is 1. The van der Waals surface area contributed by atoms with E-state index in [9.17, 15) is 4.79 Å². The highest BCUT2D eigenvalue weighted by Gasteiger charge is 2.35. The number of benzene rings is 2. The van der Waals surface area contributed by atoms with Gasteiger partial charge in [-0.25, -0.2) is 4.79 Å². The third-order valence-electron chi connectivity index (χ3n) is 6.81. The molecule has 4 N–H and O–H groups in total. The van der Waals surface area contributed by atoms with Crippen LogP contribution in [0.2, 0.25) is 0 Å². The molecule has 1 aromatic heterocycles. The number of urea groups is 1. The molecule has 0 unspecified atom stereocenters. The number of nitrogens with two attached hydrogens (primary N) is 1. The van der Waals surface area contributed by atoms with Crippen molar-refractivity contribution in [2.75, 3.05) is 32.4 Å². The van der Waals surface area contributed by atoms with E-state index in [0.717, 1.165) is 24.2 Å². The van der Waals surface area contributed by atoms with Crippen LogP contribution in [0.5, 0.6) is 0 Å². The van der Waals surface area contributed by atoms with Crippen molar-refractivity contribution in [3.63, 3.8) is 0 Å². The molecule has 5 rings (SSSR count). The lowest BCUT2D eigenvalue weighted by atomic mass is 9.81. The standard InChI is InChI=1S/C26H31N5OS/c1-4-31(5-2)26(32)28-17-13-20-19-7-6-8-22-24(19)21(14-23(20)30(3)15-17)25(29-22)33-18-11-9-16(27)10-12-18/h6-13,17,23,29H,4-5,14-15,27H2,1-3H3,(H,28,32)/t17-,23+/m0/s1. The Kier molecular flexibility index (Phi) is 5.85. The van der Waals surface area contributed by atoms with Crippen molar-refractivity contribution in [2.45, 2.75) is 42.3 Å². The molecule has 6 nitrogen and oxygen atoms in total. The van der Waals surface area contributed by atoms with Gasteiger partial charge in [-0.15, -0.1) is 0 Å². The number of H-pyrrole nitrogens is 1. The lowest BCUT2D eigenvalue weighted by Gasteiger charge is -2.40. The molecule has 33 heavy (non-hydrogen) atoms. The van der Waals surface area contributed by atoms with Crippen molar-refractivity contribution in [2.24, 2.45) is 0 Å². The van der Waals surface area contributed by atoms with Crippen LogP contribution in [-0.2, 0) is 6.42 Å². The first-order valence-electron chi connectivity index (χ1n) is 11.6. The van der Waals surface area contributed by atoms with Crippen LogP contribution in [0.25, 0.3) is 16.5 Å². The van der Waals surface area contributed by atoms with Crippen LogP contribution in [0.4, 0.5) is 10.5 Å². The lowest BCUT2D eigenvalue weighted by Crippen LogP contribution is -2.52. The normalized spacial score (nSPS) is 19.8. The summed E-state index contributed by atoms with van der Waals surface area (Å²) in [5, 5.41) is 5.74. The Bertz CT molecular complexity index is 1210. The summed E-state index contributed by atoms with van der Waals surface area (Å²) in [6.45, 7) is 6.26. The molecule has 0 spiro atoms. The van der Waals surface area contributed by atoms with Crippen LogP contribution >= 0.6 is 11.8 Å². The molecule has 1 aliphatic carbocycles. The number of nitrogen functional groups attached to an aromatic ring is 1. The molecule has 172 valence electrons. The van der Waals surface area contributed by atoms with Gasteiger partial charge in [0.1, 0.15) is 0 Å². The Hall–Kier alpha value is -2.90. The third-order valence-corrected chi connectivity index (χ3v) is 7.87. The fraction of sp³-hybridized carbons (Fsp3) is 0.346. The fourth-order valence-electron chi connectivity index (χ4n) is 5.10. The van der Waals surface area contributed by atoms with E-state index in [1.54, 1.807) is 11.8 Å². The summed E-state index contributed by atoms with van der Waals surface area (Å²) in [4.78, 5) is 21.7. The molecule has 2 aliphatic rings. The van der Waals surface area contributed by atoms with Gasteiger partial charge in [-0.3, -0.25) is 4.90 Å². The van der Waals surface area contributed by atoms with Crippen molar-refractivity contribution in [3.8, 4) is 0 Å². The highest BCUT2D eigenvalue weighted by molar-refractivity contribution is 7.99. The van der Waals surface area contributed by atoms with E-state index >= 15 is 0 Å². The molecule has 1 aliphatic heterocycles. The highest BCUT2D eigenvalue weighted by atomic mass is 32.2. The molecule has 0 saturated carbocycles. The molecule has 2 amide bonds. The number of likely N-dealkylation sites (N-methyl/N-ethyl adjacent to an activating group) is 1. The second-order valence-corrected chi connectivity index (χ2v) is 9.93. The summed E-state index contributed by atoms with van der Waals surface area (Å²) >= 11 is 1.76. The summed E-state index contributed by atoms with van der Waals surface area (Å²) in [5.41, 5.74) is 11.8. The zero-order valence-corrected chi connectivity index (χ0v) is 20.2. The van der Waals surface area contributed by atoms with Crippen molar-refractivity contribution >= 4 is 40.0 Å². The third kappa shape index (κ3) is 4.00. The van der Waals surface area contributed by atoms with Gasteiger partial charge >= 0.3 is 6.03 Å². The number of amides is 2. The van der Waals surface area contributed by atoms with Crippen molar-refractivity contribution in [1.82, 2.24) is 20.1 Å². The zero-order valence-electron chi connectivity index (χ0n) is 19.4. The number of carbonyl (C=O) groups excluding carboxylic acids is 1. The summed E-state index contributed by atoms with van der Waals surface area (Å²) in [7, 11) is 2.17. The Morgan fingerprint density at radius 2 is 1.97 bits per heavy atom. The van der Waals surface area contributed by atoms with Gasteiger partial charge in [0.25, 0.3) is 0 Å². The summed E-state index contributed by atoms with van der Waals surface area (Å²) in [6, 6.07) is 14.8. The first-order valence-corrected chi connectivity index (χ1v) is 12.4. The molecule has 2 heterocycles. The monoisotopic (exact) mass is 461 g/mol. The van der Waals surface area contributed by atoms with E-state index in [4.69, 9.17) is 5.73 Å². The molecular weight excluding hydrogens is 430 g/mol. The predicted molar refractivity (Wildman–Crippen MR) is 137 cm³/mol. The van der Waals surface area contributed by atoms with Crippen LogP contribution in [0.1, 0.15) is 25.0 Å². The van der Waals surface area contributed by atoms with Crippen molar-refractivity contribution < 1.29 is 4.79 Å². The van der Waals surface area contributed by atoms with Gasteiger partial charge in [0.2, 0.25) is 0 Å². The van der Waals surface area contributed by atoms with Crippen LogP contribution in [0, 0.1) is 0 Å². The molecule has 0 saturated heterocycles. The molecule has 0 fully saturated rings. The highest BCUT2D eigenvalue weighted by Crippen LogP contribution is 2.44. The molecule has 3 aromatic rings. The average Bonchev–Trinajstić information content (AvgIpc) is 3.15. The first kappa shape index (κ1) is 21.9. The van der Waals surface area contributed by atoms with Gasteiger partial charge in [0.15, 0.2) is 0 Å². The molecule has 0 radical (unpaired) electrons. The van der Waals surface area contributed by atoms with Gasteiger partial charge < -0.3 is 20.9 Å². The SMILES string of the molecule is CCN(CC)C(=O)N[C@H]1C=C2c3cccc4[nH]c(Sc5ccc(N)cc5)c(c34)C[C@H]2N(C)C1. The van der Waals surface area contributed by atoms with Crippen molar-refractivity contribution in [3.05, 3.63) is 59.7 Å². The number of carbonyl (C=O) groups is 1.